The zero-order valence-electron chi connectivity index (χ0n) is 9.20. The number of hydrogen-bond acceptors (Lipinski definition) is 4. The summed E-state index contributed by atoms with van der Waals surface area (Å²) in [6, 6.07) is 2.81. The number of carbonyl (C=O) groups is 1. The molecule has 1 aromatic carbocycles. The van der Waals surface area contributed by atoms with E-state index in [0.717, 1.165) is 5.01 Å². The second-order valence-corrected chi connectivity index (χ2v) is 5.40. The zero-order chi connectivity index (χ0) is 13.3. The molecule has 1 heterocycles. The first-order chi connectivity index (χ1) is 8.47. The number of aryl methyl sites for hydroxylation is 1. The maximum atomic E-state index is 11.8. The normalized spacial score (nSPS) is 10.4. The van der Waals surface area contributed by atoms with Crippen molar-refractivity contribution in [2.24, 2.45) is 0 Å². The average Bonchev–Trinajstić information content (AvgIpc) is 2.72. The Morgan fingerprint density at radius 1 is 1.44 bits per heavy atom. The first-order valence-electron chi connectivity index (χ1n) is 4.89. The lowest BCUT2D eigenvalue weighted by atomic mass is 10.3. The molecule has 1 amide bonds. The minimum Gasteiger partial charge on any atom is -0.504 e. The van der Waals surface area contributed by atoms with Crippen LogP contribution in [0.4, 0.5) is 5.69 Å². The van der Waals surface area contributed by atoms with Crippen LogP contribution in [0.2, 0.25) is 10.0 Å². The number of anilines is 1. The van der Waals surface area contributed by atoms with Crippen LogP contribution >= 0.6 is 34.5 Å². The van der Waals surface area contributed by atoms with E-state index in [1.807, 2.05) is 0 Å². The molecule has 0 saturated carbocycles. The first-order valence-corrected chi connectivity index (χ1v) is 6.52. The molecule has 0 bridgehead atoms. The fourth-order valence-electron chi connectivity index (χ4n) is 1.32. The van der Waals surface area contributed by atoms with Gasteiger partial charge < -0.3 is 10.4 Å². The lowest BCUT2D eigenvalue weighted by Crippen LogP contribution is -2.12. The second kappa shape index (κ2) is 5.14. The number of carbonyl (C=O) groups excluding carboxylic acids is 1. The summed E-state index contributed by atoms with van der Waals surface area (Å²) < 4.78 is 0. The fourth-order valence-corrected chi connectivity index (χ4v) is 2.40. The Morgan fingerprint density at radius 2 is 2.17 bits per heavy atom. The van der Waals surface area contributed by atoms with Crippen LogP contribution in [0.3, 0.4) is 0 Å². The third-order valence-corrected chi connectivity index (χ3v) is 3.41. The van der Waals surface area contributed by atoms with Gasteiger partial charge in [0.2, 0.25) is 0 Å². The standard InChI is InChI=1S/C11H8Cl2N2O2S/c1-5-14-9(4-18-5)11(17)15-8-3-6(12)2-7(13)10(8)16/h2-4,16H,1H3,(H,15,17). The largest absolute Gasteiger partial charge is 0.504 e. The van der Waals surface area contributed by atoms with Gasteiger partial charge in [0.1, 0.15) is 5.69 Å². The number of phenolic OH excluding ortho intramolecular Hbond substituents is 1. The van der Waals surface area contributed by atoms with E-state index in [2.05, 4.69) is 10.3 Å². The quantitative estimate of drug-likeness (QED) is 0.831. The summed E-state index contributed by atoms with van der Waals surface area (Å²) in [5.74, 6) is -0.644. The van der Waals surface area contributed by atoms with E-state index in [4.69, 9.17) is 23.2 Å². The van der Waals surface area contributed by atoms with E-state index < -0.39 is 5.91 Å². The van der Waals surface area contributed by atoms with Crippen molar-refractivity contribution in [2.45, 2.75) is 6.92 Å². The molecular weight excluding hydrogens is 295 g/mol. The van der Waals surface area contributed by atoms with Crippen LogP contribution in [0, 0.1) is 6.92 Å². The topological polar surface area (TPSA) is 62.2 Å². The van der Waals surface area contributed by atoms with Crippen LogP contribution in [0.1, 0.15) is 15.5 Å². The van der Waals surface area contributed by atoms with Gasteiger partial charge in [0.05, 0.1) is 15.7 Å². The van der Waals surface area contributed by atoms with Gasteiger partial charge in [0, 0.05) is 10.4 Å². The molecule has 94 valence electrons. The minimum absolute atomic E-state index is 0.0762. The van der Waals surface area contributed by atoms with Crippen LogP contribution in [0.15, 0.2) is 17.5 Å². The Hall–Kier alpha value is -1.30. The number of aromatic nitrogens is 1. The summed E-state index contributed by atoms with van der Waals surface area (Å²) in [5.41, 5.74) is 0.441. The second-order valence-electron chi connectivity index (χ2n) is 3.49. The predicted octanol–water partition coefficient (Wildman–Crippen LogP) is 3.72. The van der Waals surface area contributed by atoms with Gasteiger partial charge in [-0.2, -0.15) is 0 Å². The summed E-state index contributed by atoms with van der Waals surface area (Å²) in [6.45, 7) is 1.80. The van der Waals surface area contributed by atoms with Crippen molar-refractivity contribution < 1.29 is 9.90 Å². The lowest BCUT2D eigenvalue weighted by molar-refractivity contribution is 0.102. The molecule has 0 unspecified atom stereocenters. The summed E-state index contributed by atoms with van der Waals surface area (Å²) in [5, 5.41) is 15.0. The van der Waals surface area contributed by atoms with E-state index in [0.29, 0.717) is 5.02 Å². The number of benzene rings is 1. The third kappa shape index (κ3) is 2.75. The highest BCUT2D eigenvalue weighted by Crippen LogP contribution is 2.35. The van der Waals surface area contributed by atoms with E-state index in [9.17, 15) is 9.90 Å². The van der Waals surface area contributed by atoms with E-state index in [1.165, 1.54) is 23.5 Å². The number of amides is 1. The molecule has 2 rings (SSSR count). The molecule has 0 radical (unpaired) electrons. The monoisotopic (exact) mass is 302 g/mol. The van der Waals surface area contributed by atoms with Crippen molar-refractivity contribution in [2.75, 3.05) is 5.32 Å². The maximum absolute atomic E-state index is 11.8. The van der Waals surface area contributed by atoms with Gasteiger partial charge in [-0.05, 0) is 19.1 Å². The SMILES string of the molecule is Cc1nc(C(=O)Nc2cc(Cl)cc(Cl)c2O)cs1. The smallest absolute Gasteiger partial charge is 0.275 e. The molecule has 7 heteroatoms. The van der Waals surface area contributed by atoms with Gasteiger partial charge in [0.15, 0.2) is 5.75 Å². The zero-order valence-corrected chi connectivity index (χ0v) is 11.5. The third-order valence-electron chi connectivity index (χ3n) is 2.13. The van der Waals surface area contributed by atoms with Crippen LogP contribution in [-0.4, -0.2) is 16.0 Å². The van der Waals surface area contributed by atoms with Crippen molar-refractivity contribution in [1.29, 1.82) is 0 Å². The predicted molar refractivity (Wildman–Crippen MR) is 72.9 cm³/mol. The number of halogens is 2. The summed E-state index contributed by atoms with van der Waals surface area (Å²) in [6.07, 6.45) is 0. The maximum Gasteiger partial charge on any atom is 0.275 e. The fraction of sp³-hybridized carbons (Fsp3) is 0.0909. The molecule has 0 aliphatic rings. The molecule has 0 spiro atoms. The van der Waals surface area contributed by atoms with E-state index in [1.54, 1.807) is 12.3 Å². The lowest BCUT2D eigenvalue weighted by Gasteiger charge is -2.07. The Morgan fingerprint density at radius 3 is 2.78 bits per heavy atom. The number of thiazole rings is 1. The molecule has 2 aromatic rings. The molecule has 18 heavy (non-hydrogen) atoms. The van der Waals surface area contributed by atoms with Gasteiger partial charge in [-0.25, -0.2) is 4.98 Å². The summed E-state index contributed by atoms with van der Waals surface area (Å²) in [4.78, 5) is 15.9. The number of nitrogens with one attached hydrogen (secondary N) is 1. The minimum atomic E-state index is -0.423. The highest BCUT2D eigenvalue weighted by Gasteiger charge is 2.14. The molecule has 0 atom stereocenters. The number of rotatable bonds is 2. The van der Waals surface area contributed by atoms with Gasteiger partial charge in [-0.3, -0.25) is 4.79 Å². The van der Waals surface area contributed by atoms with Crippen LogP contribution in [0.5, 0.6) is 5.75 Å². The Balaban J connectivity index is 2.27. The van der Waals surface area contributed by atoms with Gasteiger partial charge in [-0.1, -0.05) is 23.2 Å². The molecule has 0 fully saturated rings. The van der Waals surface area contributed by atoms with Crippen molar-refractivity contribution in [3.63, 3.8) is 0 Å². The first kappa shape index (κ1) is 13.1. The van der Waals surface area contributed by atoms with Crippen molar-refractivity contribution in [1.82, 2.24) is 4.98 Å². The van der Waals surface area contributed by atoms with E-state index in [-0.39, 0.29) is 22.2 Å². The molecule has 0 aliphatic heterocycles. The van der Waals surface area contributed by atoms with Crippen LogP contribution in [0.25, 0.3) is 0 Å². The highest BCUT2D eigenvalue weighted by atomic mass is 35.5. The van der Waals surface area contributed by atoms with Crippen LogP contribution < -0.4 is 5.32 Å². The molecule has 0 saturated heterocycles. The number of hydrogen-bond donors (Lipinski definition) is 2. The van der Waals surface area contributed by atoms with Crippen molar-refractivity contribution in [3.05, 3.63) is 38.3 Å². The summed E-state index contributed by atoms with van der Waals surface area (Å²) >= 11 is 12.9. The summed E-state index contributed by atoms with van der Waals surface area (Å²) in [7, 11) is 0. The number of aromatic hydroxyl groups is 1. The average molecular weight is 303 g/mol. The van der Waals surface area contributed by atoms with Gasteiger partial charge in [0.25, 0.3) is 5.91 Å². The van der Waals surface area contributed by atoms with Crippen molar-refractivity contribution in [3.8, 4) is 5.75 Å². The number of nitrogens with zero attached hydrogens (tertiary/aromatic N) is 1. The van der Waals surface area contributed by atoms with E-state index >= 15 is 0 Å². The molecular formula is C11H8Cl2N2O2S. The van der Waals surface area contributed by atoms with Gasteiger partial charge in [-0.15, -0.1) is 11.3 Å². The molecule has 4 nitrogen and oxygen atoms in total. The van der Waals surface area contributed by atoms with Crippen LogP contribution in [-0.2, 0) is 0 Å². The Labute approximate surface area is 117 Å². The molecule has 1 aromatic heterocycles. The molecule has 2 N–H and O–H groups in total. The Kier molecular flexibility index (Phi) is 3.75. The van der Waals surface area contributed by atoms with Crippen molar-refractivity contribution >= 4 is 46.1 Å². The molecule has 0 aliphatic carbocycles. The highest BCUT2D eigenvalue weighted by molar-refractivity contribution is 7.09. The number of phenols is 1. The Bertz CT molecular complexity index is 613. The van der Waals surface area contributed by atoms with Gasteiger partial charge >= 0.3 is 0 Å².